The quantitative estimate of drug-likeness (QED) is 0.856. The zero-order chi connectivity index (χ0) is 14.0. The molecule has 0 atom stereocenters. The molecule has 19 heavy (non-hydrogen) atoms. The maximum atomic E-state index is 6.00. The predicted molar refractivity (Wildman–Crippen MR) is 78.6 cm³/mol. The zero-order valence-corrected chi connectivity index (χ0v) is 12.6. The van der Waals surface area contributed by atoms with E-state index in [2.05, 4.69) is 52.5 Å². The van der Waals surface area contributed by atoms with Crippen LogP contribution in [0.3, 0.4) is 0 Å². The number of hydrogen-bond donors (Lipinski definition) is 1. The second-order valence-corrected chi connectivity index (χ2v) is 5.95. The molecule has 2 heterocycles. The van der Waals surface area contributed by atoms with Gasteiger partial charge in [-0.3, -0.25) is 0 Å². The van der Waals surface area contributed by atoms with E-state index in [-0.39, 0.29) is 5.28 Å². The van der Waals surface area contributed by atoms with Crippen molar-refractivity contribution in [3.05, 3.63) is 11.6 Å². The van der Waals surface area contributed by atoms with Crippen molar-refractivity contribution < 1.29 is 0 Å². The molecule has 0 amide bonds. The molecule has 5 nitrogen and oxygen atoms in total. The van der Waals surface area contributed by atoms with Crippen LogP contribution in [-0.4, -0.2) is 33.0 Å². The van der Waals surface area contributed by atoms with E-state index in [4.69, 9.17) is 11.6 Å². The topological polar surface area (TPSA) is 57.7 Å². The van der Waals surface area contributed by atoms with E-state index < -0.39 is 0 Å². The van der Waals surface area contributed by atoms with Crippen LogP contribution in [-0.2, 0) is 0 Å². The van der Waals surface area contributed by atoms with E-state index in [0.29, 0.717) is 17.5 Å². The van der Waals surface area contributed by atoms with E-state index in [1.165, 1.54) is 0 Å². The Hall–Kier alpha value is -1.36. The highest BCUT2D eigenvalue weighted by molar-refractivity contribution is 6.28. The second kappa shape index (κ2) is 5.74. The normalized spacial score (nSPS) is 11.7. The minimum absolute atomic E-state index is 0.243. The van der Waals surface area contributed by atoms with Crippen molar-refractivity contribution in [1.29, 1.82) is 0 Å². The number of H-pyrrole nitrogens is 1. The Balaban J connectivity index is 2.44. The molecule has 0 saturated carbocycles. The molecule has 0 aliphatic carbocycles. The number of fused-ring (bicyclic) bond motifs is 1. The Morgan fingerprint density at radius 2 is 1.79 bits per heavy atom. The van der Waals surface area contributed by atoms with Gasteiger partial charge in [-0.1, -0.05) is 27.7 Å². The third kappa shape index (κ3) is 3.35. The molecular formula is C13H20ClN5. The van der Waals surface area contributed by atoms with Gasteiger partial charge in [0.1, 0.15) is 5.52 Å². The van der Waals surface area contributed by atoms with Gasteiger partial charge in [0.25, 0.3) is 0 Å². The highest BCUT2D eigenvalue weighted by Gasteiger charge is 2.17. The molecular weight excluding hydrogens is 262 g/mol. The van der Waals surface area contributed by atoms with Crippen LogP contribution in [0.1, 0.15) is 27.7 Å². The molecule has 2 aromatic heterocycles. The largest absolute Gasteiger partial charge is 0.354 e. The smallest absolute Gasteiger partial charge is 0.226 e. The summed E-state index contributed by atoms with van der Waals surface area (Å²) in [4.78, 5) is 18.0. The maximum Gasteiger partial charge on any atom is 0.226 e. The fourth-order valence-corrected chi connectivity index (χ4v) is 2.31. The monoisotopic (exact) mass is 281 g/mol. The summed E-state index contributed by atoms with van der Waals surface area (Å²) >= 11 is 6.00. The molecule has 2 aromatic rings. The molecule has 0 saturated heterocycles. The van der Waals surface area contributed by atoms with Gasteiger partial charge < -0.3 is 9.88 Å². The van der Waals surface area contributed by atoms with Crippen LogP contribution in [0.4, 0.5) is 5.82 Å². The molecule has 1 N–H and O–H groups in total. The van der Waals surface area contributed by atoms with Crippen molar-refractivity contribution in [2.75, 3.05) is 18.0 Å². The van der Waals surface area contributed by atoms with Crippen LogP contribution < -0.4 is 4.90 Å². The van der Waals surface area contributed by atoms with Crippen molar-refractivity contribution in [1.82, 2.24) is 19.9 Å². The number of imidazole rings is 1. The Bertz CT molecular complexity index is 539. The molecule has 0 bridgehead atoms. The van der Waals surface area contributed by atoms with Gasteiger partial charge in [0.05, 0.1) is 6.33 Å². The average Bonchev–Trinajstić information content (AvgIpc) is 2.73. The zero-order valence-electron chi connectivity index (χ0n) is 11.8. The van der Waals surface area contributed by atoms with Crippen molar-refractivity contribution in [3.8, 4) is 0 Å². The summed E-state index contributed by atoms with van der Waals surface area (Å²) in [6.45, 7) is 10.6. The lowest BCUT2D eigenvalue weighted by molar-refractivity contribution is 0.549. The fraction of sp³-hybridized carbons (Fsp3) is 0.615. The Morgan fingerprint density at radius 1 is 1.16 bits per heavy atom. The van der Waals surface area contributed by atoms with Crippen LogP contribution >= 0.6 is 11.6 Å². The maximum absolute atomic E-state index is 6.00. The van der Waals surface area contributed by atoms with E-state index >= 15 is 0 Å². The van der Waals surface area contributed by atoms with Gasteiger partial charge >= 0.3 is 0 Å². The van der Waals surface area contributed by atoms with Crippen molar-refractivity contribution in [2.45, 2.75) is 27.7 Å². The molecule has 0 unspecified atom stereocenters. The SMILES string of the molecule is CC(C)CN(CC(C)C)c1nc(Cl)nc2nc[nH]c12. The van der Waals surface area contributed by atoms with E-state index in [1.54, 1.807) is 6.33 Å². The van der Waals surface area contributed by atoms with Crippen LogP contribution in [0.2, 0.25) is 5.28 Å². The summed E-state index contributed by atoms with van der Waals surface area (Å²) in [6.07, 6.45) is 1.63. The molecule has 0 fully saturated rings. The number of halogens is 1. The summed E-state index contributed by atoms with van der Waals surface area (Å²) in [5, 5.41) is 0.243. The van der Waals surface area contributed by atoms with Crippen LogP contribution in [0.15, 0.2) is 6.33 Å². The van der Waals surface area contributed by atoms with E-state index in [0.717, 1.165) is 24.4 Å². The highest BCUT2D eigenvalue weighted by atomic mass is 35.5. The van der Waals surface area contributed by atoms with E-state index in [9.17, 15) is 0 Å². The lowest BCUT2D eigenvalue weighted by Crippen LogP contribution is -2.32. The first-order chi connectivity index (χ1) is 8.97. The number of nitrogens with zero attached hydrogens (tertiary/aromatic N) is 4. The molecule has 0 aliphatic rings. The van der Waals surface area contributed by atoms with Crippen molar-refractivity contribution in [3.63, 3.8) is 0 Å². The van der Waals surface area contributed by atoms with Crippen molar-refractivity contribution in [2.24, 2.45) is 11.8 Å². The molecule has 0 aromatic carbocycles. The Labute approximate surface area is 118 Å². The Morgan fingerprint density at radius 3 is 2.37 bits per heavy atom. The number of rotatable bonds is 5. The fourth-order valence-electron chi connectivity index (χ4n) is 2.15. The number of hydrogen-bond acceptors (Lipinski definition) is 4. The Kier molecular flexibility index (Phi) is 4.24. The summed E-state index contributed by atoms with van der Waals surface area (Å²) < 4.78 is 0. The molecule has 2 rings (SSSR count). The highest BCUT2D eigenvalue weighted by Crippen LogP contribution is 2.24. The second-order valence-electron chi connectivity index (χ2n) is 5.61. The molecule has 6 heteroatoms. The number of aromatic amines is 1. The molecule has 0 aliphatic heterocycles. The number of aromatic nitrogens is 4. The third-order valence-corrected chi connectivity index (χ3v) is 2.88. The number of anilines is 1. The van der Waals surface area contributed by atoms with Crippen LogP contribution in [0, 0.1) is 11.8 Å². The first-order valence-electron chi connectivity index (χ1n) is 6.59. The summed E-state index contributed by atoms with van der Waals surface area (Å²) in [7, 11) is 0. The van der Waals surface area contributed by atoms with Gasteiger partial charge in [-0.05, 0) is 23.4 Å². The minimum Gasteiger partial charge on any atom is -0.354 e. The minimum atomic E-state index is 0.243. The summed E-state index contributed by atoms with van der Waals surface area (Å²) in [5.74, 6) is 1.94. The van der Waals surface area contributed by atoms with Gasteiger partial charge in [-0.25, -0.2) is 4.98 Å². The van der Waals surface area contributed by atoms with E-state index in [1.807, 2.05) is 0 Å². The average molecular weight is 282 g/mol. The summed E-state index contributed by atoms with van der Waals surface area (Å²) in [6, 6.07) is 0. The van der Waals surface area contributed by atoms with Gasteiger partial charge in [0, 0.05) is 13.1 Å². The lowest BCUT2D eigenvalue weighted by Gasteiger charge is -2.27. The van der Waals surface area contributed by atoms with Gasteiger partial charge in [-0.2, -0.15) is 9.97 Å². The standard InChI is InChI=1S/C13H20ClN5/c1-8(2)5-19(6-9(3)4)12-10-11(16-7-15-10)17-13(14)18-12/h7-9H,5-6H2,1-4H3,(H,15,16,17,18). The lowest BCUT2D eigenvalue weighted by atomic mass is 10.1. The molecule has 0 radical (unpaired) electrons. The van der Waals surface area contributed by atoms with Crippen molar-refractivity contribution >= 4 is 28.6 Å². The first kappa shape index (κ1) is 14.1. The molecule has 104 valence electrons. The first-order valence-corrected chi connectivity index (χ1v) is 6.96. The predicted octanol–water partition coefficient (Wildman–Crippen LogP) is 3.12. The molecule has 0 spiro atoms. The summed E-state index contributed by atoms with van der Waals surface area (Å²) in [5.41, 5.74) is 1.47. The van der Waals surface area contributed by atoms with Gasteiger partial charge in [-0.15, -0.1) is 0 Å². The third-order valence-electron chi connectivity index (χ3n) is 2.71. The van der Waals surface area contributed by atoms with Crippen LogP contribution in [0.25, 0.3) is 11.2 Å². The van der Waals surface area contributed by atoms with Gasteiger partial charge in [0.15, 0.2) is 11.5 Å². The number of nitrogens with one attached hydrogen (secondary N) is 1. The van der Waals surface area contributed by atoms with Crippen LogP contribution in [0.5, 0.6) is 0 Å². The van der Waals surface area contributed by atoms with Gasteiger partial charge in [0.2, 0.25) is 5.28 Å².